The van der Waals surface area contributed by atoms with Crippen LogP contribution in [0.25, 0.3) is 0 Å². The van der Waals surface area contributed by atoms with E-state index < -0.39 is 11.6 Å². The molecule has 0 bridgehead atoms. The number of hydrogen-bond donors (Lipinski definition) is 1. The average Bonchev–Trinajstić information content (AvgIpc) is 3.24. The average molecular weight is 395 g/mol. The molecule has 9 nitrogen and oxygen atoms in total. The fraction of sp³-hybridized carbons (Fsp3) is 0.350. The van der Waals surface area contributed by atoms with Crippen molar-refractivity contribution < 1.29 is 19.2 Å². The molecule has 0 spiro atoms. The van der Waals surface area contributed by atoms with Crippen LogP contribution in [0.3, 0.4) is 0 Å². The van der Waals surface area contributed by atoms with Crippen LogP contribution in [0.15, 0.2) is 47.2 Å². The third kappa shape index (κ3) is 3.95. The summed E-state index contributed by atoms with van der Waals surface area (Å²) >= 11 is 0. The predicted octanol–water partition coefficient (Wildman–Crippen LogP) is 2.29. The van der Waals surface area contributed by atoms with Crippen molar-refractivity contribution in [3.63, 3.8) is 0 Å². The number of carboxylic acid groups (broad SMARTS) is 1. The molecule has 9 heteroatoms. The zero-order chi connectivity index (χ0) is 20.3. The number of ether oxygens (including phenoxy) is 1. The third-order valence-electron chi connectivity index (χ3n) is 5.21. The number of aromatic nitrogens is 4. The second-order valence-corrected chi connectivity index (χ2v) is 6.93. The standard InChI is InChI=1S/C20H21N5O4/c1-28-20(19-23-16(24-29-19)11-14-5-3-2-4-6-14)7-9-25(10-8-20)17-13-21-15(12-22-17)18(26)27/h2-6,12-13H,7-11H2,1H3,(H,26,27). The molecule has 0 atom stereocenters. The molecule has 0 radical (unpaired) electrons. The summed E-state index contributed by atoms with van der Waals surface area (Å²) in [5, 5.41) is 13.1. The zero-order valence-corrected chi connectivity index (χ0v) is 16.0. The molecule has 3 heterocycles. The fourth-order valence-corrected chi connectivity index (χ4v) is 3.49. The van der Waals surface area contributed by atoms with Crippen LogP contribution in [0.5, 0.6) is 0 Å². The van der Waals surface area contributed by atoms with Crippen molar-refractivity contribution >= 4 is 11.8 Å². The lowest BCUT2D eigenvalue weighted by Gasteiger charge is -2.38. The second kappa shape index (κ2) is 7.96. The molecule has 1 saturated heterocycles. The Hall–Kier alpha value is -3.33. The van der Waals surface area contributed by atoms with Crippen LogP contribution in [0, 0.1) is 0 Å². The summed E-state index contributed by atoms with van der Waals surface area (Å²) in [5.41, 5.74) is 0.394. The van der Waals surface area contributed by atoms with E-state index in [1.54, 1.807) is 7.11 Å². The number of anilines is 1. The molecule has 0 amide bonds. The number of aromatic carboxylic acids is 1. The van der Waals surface area contributed by atoms with Crippen molar-refractivity contribution in [2.75, 3.05) is 25.1 Å². The molecule has 29 heavy (non-hydrogen) atoms. The number of benzene rings is 1. The van der Waals surface area contributed by atoms with Crippen molar-refractivity contribution in [2.45, 2.75) is 24.9 Å². The van der Waals surface area contributed by atoms with Gasteiger partial charge in [0.05, 0.1) is 12.4 Å². The number of hydrogen-bond acceptors (Lipinski definition) is 8. The van der Waals surface area contributed by atoms with Crippen molar-refractivity contribution in [1.82, 2.24) is 20.1 Å². The normalized spacial score (nSPS) is 16.0. The van der Waals surface area contributed by atoms with Crippen molar-refractivity contribution in [3.05, 3.63) is 65.7 Å². The van der Waals surface area contributed by atoms with E-state index in [1.807, 2.05) is 35.2 Å². The van der Waals surface area contributed by atoms with Crippen molar-refractivity contribution in [3.8, 4) is 0 Å². The Labute approximate surface area is 167 Å². The Morgan fingerprint density at radius 2 is 1.97 bits per heavy atom. The molecule has 1 aliphatic rings. The van der Waals surface area contributed by atoms with E-state index in [2.05, 4.69) is 20.1 Å². The molecule has 150 valence electrons. The lowest BCUT2D eigenvalue weighted by atomic mass is 9.91. The maximum Gasteiger partial charge on any atom is 0.356 e. The Kier molecular flexibility index (Phi) is 5.22. The summed E-state index contributed by atoms with van der Waals surface area (Å²) in [5.74, 6) is 0.650. The van der Waals surface area contributed by atoms with Gasteiger partial charge in [-0.3, -0.25) is 0 Å². The topological polar surface area (TPSA) is 114 Å². The third-order valence-corrected chi connectivity index (χ3v) is 5.21. The van der Waals surface area contributed by atoms with E-state index in [-0.39, 0.29) is 5.69 Å². The molecule has 1 aliphatic heterocycles. The highest BCUT2D eigenvalue weighted by atomic mass is 16.5. The molecule has 3 aromatic rings. The largest absolute Gasteiger partial charge is 0.476 e. The van der Waals surface area contributed by atoms with Gasteiger partial charge in [0.1, 0.15) is 11.4 Å². The van der Waals surface area contributed by atoms with Gasteiger partial charge in [0.2, 0.25) is 0 Å². The lowest BCUT2D eigenvalue weighted by molar-refractivity contribution is -0.0582. The highest BCUT2D eigenvalue weighted by Gasteiger charge is 2.41. The number of piperidine rings is 1. The Balaban J connectivity index is 1.45. The van der Waals surface area contributed by atoms with Crippen LogP contribution >= 0.6 is 0 Å². The van der Waals surface area contributed by atoms with Gasteiger partial charge in [-0.05, 0) is 5.56 Å². The van der Waals surface area contributed by atoms with Gasteiger partial charge in [-0.1, -0.05) is 35.5 Å². The van der Waals surface area contributed by atoms with Crippen LogP contribution in [0.2, 0.25) is 0 Å². The minimum atomic E-state index is -1.09. The number of nitrogens with zero attached hydrogens (tertiary/aromatic N) is 5. The highest BCUT2D eigenvalue weighted by molar-refractivity contribution is 5.84. The maximum atomic E-state index is 10.9. The van der Waals surface area contributed by atoms with Gasteiger partial charge in [-0.2, -0.15) is 4.98 Å². The maximum absolute atomic E-state index is 10.9. The van der Waals surface area contributed by atoms with Gasteiger partial charge < -0.3 is 19.3 Å². The Morgan fingerprint density at radius 3 is 2.59 bits per heavy atom. The molecule has 2 aromatic heterocycles. The minimum absolute atomic E-state index is 0.0752. The molecular formula is C20H21N5O4. The summed E-state index contributed by atoms with van der Waals surface area (Å²) in [6.07, 6.45) is 4.62. The molecule has 1 N–H and O–H groups in total. The van der Waals surface area contributed by atoms with E-state index in [0.717, 1.165) is 5.56 Å². The SMILES string of the molecule is COC1(c2nc(Cc3ccccc3)no2)CCN(c2cnc(C(=O)O)cn2)CC1. The first-order chi connectivity index (χ1) is 14.1. The molecule has 0 saturated carbocycles. The van der Waals surface area contributed by atoms with Crippen LogP contribution in [-0.2, 0) is 16.8 Å². The summed E-state index contributed by atoms with van der Waals surface area (Å²) < 4.78 is 11.4. The number of methoxy groups -OCH3 is 1. The van der Waals surface area contributed by atoms with E-state index in [0.29, 0.717) is 49.9 Å². The minimum Gasteiger partial charge on any atom is -0.476 e. The number of rotatable bonds is 6. The smallest absolute Gasteiger partial charge is 0.356 e. The van der Waals surface area contributed by atoms with Gasteiger partial charge >= 0.3 is 5.97 Å². The fourth-order valence-electron chi connectivity index (χ4n) is 3.49. The lowest BCUT2D eigenvalue weighted by Crippen LogP contribution is -2.44. The number of carbonyl (C=O) groups is 1. The molecule has 0 aliphatic carbocycles. The van der Waals surface area contributed by atoms with E-state index in [1.165, 1.54) is 12.4 Å². The van der Waals surface area contributed by atoms with Crippen LogP contribution in [0.4, 0.5) is 5.82 Å². The van der Waals surface area contributed by atoms with Gasteiger partial charge in [-0.25, -0.2) is 14.8 Å². The quantitative estimate of drug-likeness (QED) is 0.671. The van der Waals surface area contributed by atoms with Gasteiger partial charge in [0.25, 0.3) is 5.89 Å². The van der Waals surface area contributed by atoms with E-state index >= 15 is 0 Å². The van der Waals surface area contributed by atoms with Crippen molar-refractivity contribution in [2.24, 2.45) is 0 Å². The molecule has 4 rings (SSSR count). The van der Waals surface area contributed by atoms with Crippen molar-refractivity contribution in [1.29, 1.82) is 0 Å². The Bertz CT molecular complexity index is 966. The van der Waals surface area contributed by atoms with Crippen LogP contribution < -0.4 is 4.90 Å². The highest BCUT2D eigenvalue weighted by Crippen LogP contribution is 2.36. The molecule has 1 fully saturated rings. The van der Waals surface area contributed by atoms with E-state index in [9.17, 15) is 4.79 Å². The zero-order valence-electron chi connectivity index (χ0n) is 16.0. The molecular weight excluding hydrogens is 374 g/mol. The van der Waals surface area contributed by atoms with Gasteiger partial charge in [-0.15, -0.1) is 0 Å². The first kappa shape index (κ1) is 19.0. The molecule has 0 unspecified atom stereocenters. The first-order valence-corrected chi connectivity index (χ1v) is 9.32. The van der Waals surface area contributed by atoms with Gasteiger partial charge in [0, 0.05) is 39.5 Å². The second-order valence-electron chi connectivity index (χ2n) is 6.93. The monoisotopic (exact) mass is 395 g/mol. The Morgan fingerprint density at radius 1 is 1.21 bits per heavy atom. The number of carboxylic acids is 1. The van der Waals surface area contributed by atoms with Crippen LogP contribution in [-0.4, -0.2) is 51.4 Å². The summed E-state index contributed by atoms with van der Waals surface area (Å²) in [6.45, 7) is 1.29. The summed E-state index contributed by atoms with van der Waals surface area (Å²) in [7, 11) is 1.65. The van der Waals surface area contributed by atoms with Gasteiger partial charge in [0.15, 0.2) is 11.5 Å². The summed E-state index contributed by atoms with van der Waals surface area (Å²) in [6, 6.07) is 9.98. The molecule has 1 aromatic carbocycles. The van der Waals surface area contributed by atoms with E-state index in [4.69, 9.17) is 14.4 Å². The predicted molar refractivity (Wildman–Crippen MR) is 103 cm³/mol. The van der Waals surface area contributed by atoms with Crippen LogP contribution in [0.1, 0.15) is 40.6 Å². The summed E-state index contributed by atoms with van der Waals surface area (Å²) in [4.78, 5) is 25.7. The first-order valence-electron chi connectivity index (χ1n) is 9.32.